The SMILES string of the molecule is Cc1nc(-c2ncc(Oc3ccc(C(C)(C)c4ccc(OC[C@@H]5CCN5c5ccc6c(c5)C(=O)NC6=O)cc4)cc3)cn2)no1. The van der Waals surface area contributed by atoms with Gasteiger partial charge in [-0.1, -0.05) is 43.3 Å². The first-order valence-corrected chi connectivity index (χ1v) is 14.7. The van der Waals surface area contributed by atoms with Crippen LogP contribution in [0.3, 0.4) is 0 Å². The van der Waals surface area contributed by atoms with Gasteiger partial charge in [0.05, 0.1) is 29.6 Å². The zero-order valence-electron chi connectivity index (χ0n) is 25.0. The van der Waals surface area contributed by atoms with Crippen molar-refractivity contribution >= 4 is 17.5 Å². The summed E-state index contributed by atoms with van der Waals surface area (Å²) < 4.78 is 17.1. The second kappa shape index (κ2) is 11.2. The lowest BCUT2D eigenvalue weighted by Gasteiger charge is -2.42. The Morgan fingerprint density at radius 1 is 0.867 bits per heavy atom. The highest BCUT2D eigenvalue weighted by Gasteiger charge is 2.32. The van der Waals surface area contributed by atoms with E-state index in [1.807, 2.05) is 30.3 Å². The van der Waals surface area contributed by atoms with Gasteiger partial charge in [0.1, 0.15) is 18.1 Å². The molecule has 2 amide bonds. The van der Waals surface area contributed by atoms with Gasteiger partial charge in [-0.2, -0.15) is 4.98 Å². The van der Waals surface area contributed by atoms with Crippen LogP contribution in [0, 0.1) is 6.92 Å². The minimum atomic E-state index is -0.341. The smallest absolute Gasteiger partial charge is 0.259 e. The quantitative estimate of drug-likeness (QED) is 0.216. The van der Waals surface area contributed by atoms with Crippen molar-refractivity contribution in [2.45, 2.75) is 38.6 Å². The molecule has 226 valence electrons. The number of amides is 2. The molecule has 0 spiro atoms. The lowest BCUT2D eigenvalue weighted by Crippen LogP contribution is -2.51. The molecule has 0 aliphatic carbocycles. The van der Waals surface area contributed by atoms with Crippen LogP contribution >= 0.6 is 0 Å². The van der Waals surface area contributed by atoms with Crippen LogP contribution in [-0.4, -0.2) is 51.1 Å². The van der Waals surface area contributed by atoms with Gasteiger partial charge in [-0.3, -0.25) is 14.9 Å². The molecule has 0 unspecified atom stereocenters. The molecule has 7 rings (SSSR count). The Morgan fingerprint density at radius 3 is 2.16 bits per heavy atom. The van der Waals surface area contributed by atoms with Gasteiger partial charge in [0.25, 0.3) is 11.8 Å². The first-order chi connectivity index (χ1) is 21.7. The van der Waals surface area contributed by atoms with Crippen LogP contribution in [-0.2, 0) is 5.41 Å². The zero-order chi connectivity index (χ0) is 31.1. The third-order valence-corrected chi connectivity index (χ3v) is 8.38. The molecule has 2 aliphatic heterocycles. The van der Waals surface area contributed by atoms with Gasteiger partial charge in [0.2, 0.25) is 17.5 Å². The molecule has 2 aliphatic rings. The number of fused-ring (bicyclic) bond motifs is 1. The highest BCUT2D eigenvalue weighted by molar-refractivity contribution is 6.21. The number of hydrogen-bond donors (Lipinski definition) is 1. The summed E-state index contributed by atoms with van der Waals surface area (Å²) in [5, 5.41) is 6.18. The van der Waals surface area contributed by atoms with Crippen LogP contribution < -0.4 is 19.7 Å². The molecule has 11 nitrogen and oxygen atoms in total. The molecule has 5 aromatic rings. The van der Waals surface area contributed by atoms with Crippen LogP contribution in [0.4, 0.5) is 5.69 Å². The summed E-state index contributed by atoms with van der Waals surface area (Å²) >= 11 is 0. The summed E-state index contributed by atoms with van der Waals surface area (Å²) in [5.74, 6) is 2.44. The maximum absolute atomic E-state index is 12.1. The predicted octanol–water partition coefficient (Wildman–Crippen LogP) is 5.49. The fourth-order valence-electron chi connectivity index (χ4n) is 5.57. The fraction of sp³-hybridized carbons (Fsp3) is 0.235. The number of imide groups is 1. The first kappa shape index (κ1) is 28.2. The monoisotopic (exact) mass is 602 g/mol. The number of carbonyl (C=O) groups is 2. The zero-order valence-corrected chi connectivity index (χ0v) is 25.0. The molecule has 1 saturated heterocycles. The molecule has 1 fully saturated rings. The molecular formula is C34H30N6O5. The molecule has 1 N–H and O–H groups in total. The predicted molar refractivity (Wildman–Crippen MR) is 165 cm³/mol. The maximum Gasteiger partial charge on any atom is 0.259 e. The summed E-state index contributed by atoms with van der Waals surface area (Å²) in [6.45, 7) is 7.47. The van der Waals surface area contributed by atoms with Crippen molar-refractivity contribution in [1.29, 1.82) is 0 Å². The second-order valence-corrected chi connectivity index (χ2v) is 11.6. The van der Waals surface area contributed by atoms with Crippen molar-refractivity contribution < 1.29 is 23.6 Å². The summed E-state index contributed by atoms with van der Waals surface area (Å²) in [5.41, 5.74) is 3.82. The Hall–Kier alpha value is -5.58. The van der Waals surface area contributed by atoms with Gasteiger partial charge in [-0.05, 0) is 60.0 Å². The maximum atomic E-state index is 12.1. The Morgan fingerprint density at radius 2 is 1.53 bits per heavy atom. The Bertz CT molecular complexity index is 1880. The number of rotatable bonds is 9. The number of carbonyl (C=O) groups excluding carboxylic acids is 2. The van der Waals surface area contributed by atoms with E-state index >= 15 is 0 Å². The van der Waals surface area contributed by atoms with Crippen molar-refractivity contribution in [3.05, 3.63) is 107 Å². The molecule has 1 atom stereocenters. The van der Waals surface area contributed by atoms with Gasteiger partial charge in [0.15, 0.2) is 5.75 Å². The number of nitrogens with one attached hydrogen (secondary N) is 1. The number of anilines is 1. The van der Waals surface area contributed by atoms with Crippen molar-refractivity contribution in [2.24, 2.45) is 0 Å². The first-order valence-electron chi connectivity index (χ1n) is 14.7. The highest BCUT2D eigenvalue weighted by atomic mass is 16.5. The molecular weight excluding hydrogens is 572 g/mol. The summed E-state index contributed by atoms with van der Waals surface area (Å²) in [4.78, 5) is 38.8. The summed E-state index contributed by atoms with van der Waals surface area (Å²) in [6.07, 6.45) is 4.15. The van der Waals surface area contributed by atoms with E-state index in [0.29, 0.717) is 46.8 Å². The lowest BCUT2D eigenvalue weighted by molar-refractivity contribution is 0.0879. The van der Waals surface area contributed by atoms with Crippen LogP contribution in [0.5, 0.6) is 17.2 Å². The standard InChI is InChI=1S/C34H30N6O5/c1-20-37-31(39-45-20)30-35-17-27(18-36-30)44-26-11-6-22(7-12-26)34(2,3)21-4-9-25(10-5-21)43-19-24-14-15-40(24)23-8-13-28-29(16-23)33(42)38-32(28)41/h4-13,16-18,24H,14-15,19H2,1-3H3,(H,38,41,42)/t24-/m0/s1. The molecule has 2 aromatic heterocycles. The van der Waals surface area contributed by atoms with Crippen molar-refractivity contribution in [1.82, 2.24) is 25.4 Å². The molecule has 3 aromatic carbocycles. The third-order valence-electron chi connectivity index (χ3n) is 8.38. The van der Waals surface area contributed by atoms with E-state index < -0.39 is 0 Å². The van der Waals surface area contributed by atoms with E-state index in [2.05, 4.69) is 68.4 Å². The van der Waals surface area contributed by atoms with E-state index in [9.17, 15) is 9.59 Å². The third kappa shape index (κ3) is 5.48. The number of nitrogens with zero attached hydrogens (tertiary/aromatic N) is 5. The molecule has 0 saturated carbocycles. The fourth-order valence-corrected chi connectivity index (χ4v) is 5.57. The van der Waals surface area contributed by atoms with E-state index in [-0.39, 0.29) is 23.3 Å². The van der Waals surface area contributed by atoms with Gasteiger partial charge in [-0.15, -0.1) is 0 Å². The Balaban J connectivity index is 0.953. The van der Waals surface area contributed by atoms with Crippen molar-refractivity contribution in [3.8, 4) is 28.9 Å². The number of aromatic nitrogens is 4. The Kier molecular flexibility index (Phi) is 7.00. The van der Waals surface area contributed by atoms with Gasteiger partial charge < -0.3 is 18.9 Å². The number of aryl methyl sites for hydroxylation is 1. The molecule has 45 heavy (non-hydrogen) atoms. The lowest BCUT2D eigenvalue weighted by atomic mass is 9.78. The molecule has 11 heteroatoms. The van der Waals surface area contributed by atoms with E-state index in [1.54, 1.807) is 31.5 Å². The van der Waals surface area contributed by atoms with E-state index in [4.69, 9.17) is 14.0 Å². The Labute approximate surface area is 259 Å². The highest BCUT2D eigenvalue weighted by Crippen LogP contribution is 2.35. The van der Waals surface area contributed by atoms with Gasteiger partial charge in [0, 0.05) is 24.6 Å². The minimum Gasteiger partial charge on any atom is -0.491 e. The van der Waals surface area contributed by atoms with Crippen molar-refractivity contribution in [2.75, 3.05) is 18.1 Å². The van der Waals surface area contributed by atoms with E-state index in [1.165, 1.54) is 0 Å². The van der Waals surface area contributed by atoms with Crippen LogP contribution in [0.1, 0.15) is 58.0 Å². The normalized spacial score (nSPS) is 15.8. The minimum absolute atomic E-state index is 0.194. The summed E-state index contributed by atoms with van der Waals surface area (Å²) in [6, 6.07) is 21.8. The van der Waals surface area contributed by atoms with Crippen LogP contribution in [0.2, 0.25) is 0 Å². The molecule has 4 heterocycles. The average molecular weight is 603 g/mol. The van der Waals surface area contributed by atoms with Crippen molar-refractivity contribution in [3.63, 3.8) is 0 Å². The number of benzene rings is 3. The number of hydrogen-bond acceptors (Lipinski definition) is 10. The van der Waals surface area contributed by atoms with Gasteiger partial charge in [-0.25, -0.2) is 9.97 Å². The average Bonchev–Trinajstić information content (AvgIpc) is 3.59. The van der Waals surface area contributed by atoms with E-state index in [0.717, 1.165) is 35.5 Å². The molecule has 0 bridgehead atoms. The molecule has 0 radical (unpaired) electrons. The summed E-state index contributed by atoms with van der Waals surface area (Å²) in [7, 11) is 0. The second-order valence-electron chi connectivity index (χ2n) is 11.6. The van der Waals surface area contributed by atoms with Gasteiger partial charge >= 0.3 is 0 Å². The van der Waals surface area contributed by atoms with Crippen LogP contribution in [0.15, 0.2) is 83.6 Å². The van der Waals surface area contributed by atoms with Crippen LogP contribution in [0.25, 0.3) is 11.6 Å². The topological polar surface area (TPSA) is 133 Å². The number of ether oxygens (including phenoxy) is 2. The largest absolute Gasteiger partial charge is 0.491 e.